The molecule has 0 bridgehead atoms. The normalized spacial score (nSPS) is 14.7. The van der Waals surface area contributed by atoms with Crippen molar-refractivity contribution in [2.24, 2.45) is 5.41 Å². The molecule has 2 heteroatoms. The highest BCUT2D eigenvalue weighted by Crippen LogP contribution is 2.53. The Morgan fingerprint density at radius 3 is 1.72 bits per heavy atom. The minimum Gasteiger partial charge on any atom is -0.174 e. The third-order valence-electron chi connectivity index (χ3n) is 3.18. The second kappa shape index (κ2) is 5.13. The van der Waals surface area contributed by atoms with Gasteiger partial charge in [0.1, 0.15) is 0 Å². The van der Waals surface area contributed by atoms with Crippen LogP contribution >= 0.6 is 20.7 Å². The summed E-state index contributed by atoms with van der Waals surface area (Å²) in [6, 6.07) is 9.07. The Hall–Kier alpha value is -0.0800. The molecule has 0 fully saturated rings. The molecule has 0 radical (unpaired) electrons. The van der Waals surface area contributed by atoms with E-state index in [0.29, 0.717) is 5.41 Å². The lowest BCUT2D eigenvalue weighted by molar-refractivity contribution is 0.284. The van der Waals surface area contributed by atoms with Crippen LogP contribution in [0, 0.1) is 5.41 Å². The Labute approximate surface area is 120 Å². The Kier molecular flexibility index (Phi) is 4.55. The van der Waals surface area contributed by atoms with Crippen LogP contribution in [0.5, 0.6) is 0 Å². The fourth-order valence-electron chi connectivity index (χ4n) is 2.67. The maximum Gasteiger partial charge on any atom is -0.00183 e. The molecule has 0 saturated carbocycles. The van der Waals surface area contributed by atoms with Gasteiger partial charge in [0.15, 0.2) is 0 Å². The molecule has 1 aromatic carbocycles. The van der Waals surface area contributed by atoms with Crippen LogP contribution in [-0.4, -0.2) is 12.5 Å². The third-order valence-corrected chi connectivity index (χ3v) is 5.24. The summed E-state index contributed by atoms with van der Waals surface area (Å²) in [5.41, 5.74) is 2.02. The highest BCUT2D eigenvalue weighted by molar-refractivity contribution is 8.87. The van der Waals surface area contributed by atoms with Crippen molar-refractivity contribution in [1.29, 1.82) is 0 Å². The van der Waals surface area contributed by atoms with E-state index in [1.807, 2.05) is 0 Å². The summed E-state index contributed by atoms with van der Waals surface area (Å²) in [5.74, 6) is 0. The summed E-state index contributed by atoms with van der Waals surface area (Å²) in [4.78, 5) is 1.36. The first-order valence-corrected chi connectivity index (χ1v) is 9.98. The number of benzene rings is 1. The molecule has 18 heavy (non-hydrogen) atoms. The van der Waals surface area contributed by atoms with Crippen LogP contribution in [0.4, 0.5) is 0 Å². The Bertz CT molecular complexity index is 389. The molecule has 0 atom stereocenters. The largest absolute Gasteiger partial charge is 0.174 e. The lowest BCUT2D eigenvalue weighted by Crippen LogP contribution is -2.24. The lowest BCUT2D eigenvalue weighted by atomic mass is 9.72. The minimum absolute atomic E-state index is 0.229. The highest BCUT2D eigenvalue weighted by atomic mass is 33.1. The van der Waals surface area contributed by atoms with Crippen molar-refractivity contribution in [3.8, 4) is 0 Å². The summed E-state index contributed by atoms with van der Waals surface area (Å²) >= 11 is 4.70. The first-order valence-electron chi connectivity index (χ1n) is 6.48. The van der Waals surface area contributed by atoms with Gasteiger partial charge in [-0.2, -0.15) is 9.06 Å². The zero-order valence-corrected chi connectivity index (χ0v) is 14.6. The Morgan fingerprint density at radius 1 is 0.944 bits per heavy atom. The molecule has 104 valence electrons. The quantitative estimate of drug-likeness (QED) is 0.536. The van der Waals surface area contributed by atoms with E-state index in [1.165, 1.54) is 16.9 Å². The second-order valence-electron chi connectivity index (χ2n) is 7.42. The topological polar surface area (TPSA) is 0 Å². The maximum absolute atomic E-state index is 4.70. The minimum atomic E-state index is -0.906. The zero-order chi connectivity index (χ0) is 14.2. The molecule has 0 amide bonds. The summed E-state index contributed by atoms with van der Waals surface area (Å²) in [5, 5.41) is 0. The van der Waals surface area contributed by atoms with Gasteiger partial charge in [0, 0.05) is 0 Å². The van der Waals surface area contributed by atoms with E-state index in [0.717, 1.165) is 0 Å². The fourth-order valence-corrected chi connectivity index (χ4v) is 3.83. The molecule has 0 spiro atoms. The number of hydrogen-bond acceptors (Lipinski definition) is 1. The van der Waals surface area contributed by atoms with Gasteiger partial charge in [-0.25, -0.2) is 0 Å². The van der Waals surface area contributed by atoms with Crippen LogP contribution in [-0.2, 0) is 5.41 Å². The van der Waals surface area contributed by atoms with Gasteiger partial charge in [0.05, 0.1) is 0 Å². The molecular formula is C16H28S2. The predicted molar refractivity (Wildman–Crippen MR) is 90.2 cm³/mol. The summed E-state index contributed by atoms with van der Waals surface area (Å²) in [6.07, 6.45) is 5.62. The lowest BCUT2D eigenvalue weighted by Gasteiger charge is -2.33. The van der Waals surface area contributed by atoms with Crippen LogP contribution in [0.25, 0.3) is 0 Å². The molecule has 0 aromatic heterocycles. The standard InChI is InChI=1S/C16H28S2/c1-15(2,3)12-16(4,5)13-8-10-14(11-9-13)18(6,7)17/h8-11,17H,12H2,1-7H3. The predicted octanol–water partition coefficient (Wildman–Crippen LogP) is 5.67. The van der Waals surface area contributed by atoms with Gasteiger partial charge < -0.3 is 0 Å². The number of thiol groups is 1. The number of rotatable bonds is 3. The first kappa shape index (κ1) is 16.0. The SMILES string of the molecule is CC(C)(C)CC(C)(C)c1ccc(S(C)(C)S)cc1. The van der Waals surface area contributed by atoms with E-state index in [2.05, 4.69) is 71.4 Å². The molecule has 0 aliphatic heterocycles. The van der Waals surface area contributed by atoms with Gasteiger partial charge >= 0.3 is 0 Å². The molecule has 0 unspecified atom stereocenters. The van der Waals surface area contributed by atoms with E-state index in [4.69, 9.17) is 11.7 Å². The summed E-state index contributed by atoms with van der Waals surface area (Å²) in [7, 11) is -0.906. The van der Waals surface area contributed by atoms with Gasteiger partial charge in [-0.15, -0.1) is 11.7 Å². The van der Waals surface area contributed by atoms with Gasteiger partial charge in [0.2, 0.25) is 0 Å². The van der Waals surface area contributed by atoms with Crippen molar-refractivity contribution in [2.75, 3.05) is 12.5 Å². The van der Waals surface area contributed by atoms with Crippen LogP contribution in [0.3, 0.4) is 0 Å². The van der Waals surface area contributed by atoms with Crippen LogP contribution in [0.1, 0.15) is 46.6 Å². The van der Waals surface area contributed by atoms with E-state index in [-0.39, 0.29) is 5.41 Å². The average Bonchev–Trinajstić information content (AvgIpc) is 2.13. The van der Waals surface area contributed by atoms with Crippen molar-refractivity contribution in [3.05, 3.63) is 29.8 Å². The monoisotopic (exact) mass is 284 g/mol. The molecule has 0 nitrogen and oxygen atoms in total. The molecule has 0 heterocycles. The molecular weight excluding hydrogens is 256 g/mol. The zero-order valence-electron chi connectivity index (χ0n) is 12.9. The fraction of sp³-hybridized carbons (Fsp3) is 0.625. The summed E-state index contributed by atoms with van der Waals surface area (Å²) in [6.45, 7) is 11.6. The summed E-state index contributed by atoms with van der Waals surface area (Å²) < 4.78 is 0. The van der Waals surface area contributed by atoms with Crippen molar-refractivity contribution < 1.29 is 0 Å². The maximum atomic E-state index is 4.70. The molecule has 1 aromatic rings. The van der Waals surface area contributed by atoms with Crippen LogP contribution < -0.4 is 0 Å². The highest BCUT2D eigenvalue weighted by Gasteiger charge is 2.27. The molecule has 0 aliphatic carbocycles. The molecule has 0 saturated heterocycles. The smallest absolute Gasteiger partial charge is 0.00183 e. The van der Waals surface area contributed by atoms with Gasteiger partial charge in [-0.1, -0.05) is 46.8 Å². The molecule has 1 rings (SSSR count). The Balaban J connectivity index is 2.98. The van der Waals surface area contributed by atoms with Crippen LogP contribution in [0.2, 0.25) is 0 Å². The molecule has 0 aliphatic rings. The third kappa shape index (κ3) is 4.55. The second-order valence-corrected chi connectivity index (χ2v) is 13.2. The van der Waals surface area contributed by atoms with Gasteiger partial charge in [-0.05, 0) is 52.4 Å². The van der Waals surface area contributed by atoms with E-state index in [1.54, 1.807) is 0 Å². The van der Waals surface area contributed by atoms with E-state index < -0.39 is 9.06 Å². The Morgan fingerprint density at radius 2 is 1.39 bits per heavy atom. The van der Waals surface area contributed by atoms with Crippen molar-refractivity contribution >= 4 is 20.7 Å². The van der Waals surface area contributed by atoms with Crippen molar-refractivity contribution in [1.82, 2.24) is 0 Å². The van der Waals surface area contributed by atoms with Crippen LogP contribution in [0.15, 0.2) is 29.2 Å². The average molecular weight is 285 g/mol. The van der Waals surface area contributed by atoms with Crippen molar-refractivity contribution in [3.63, 3.8) is 0 Å². The first-order chi connectivity index (χ1) is 7.92. The molecule has 0 N–H and O–H groups in total. The van der Waals surface area contributed by atoms with Gasteiger partial charge in [0.25, 0.3) is 0 Å². The van der Waals surface area contributed by atoms with E-state index >= 15 is 0 Å². The van der Waals surface area contributed by atoms with E-state index in [9.17, 15) is 0 Å². The van der Waals surface area contributed by atoms with Crippen molar-refractivity contribution in [2.45, 2.75) is 51.3 Å². The van der Waals surface area contributed by atoms with Gasteiger partial charge in [-0.3, -0.25) is 0 Å². The number of hydrogen-bond donors (Lipinski definition) is 1.